The highest BCUT2D eigenvalue weighted by molar-refractivity contribution is 5.27. The third-order valence-electron chi connectivity index (χ3n) is 2.95. The molecule has 3 aromatic rings. The lowest BCUT2D eigenvalue weighted by Gasteiger charge is -2.08. The van der Waals surface area contributed by atoms with Gasteiger partial charge in [0.15, 0.2) is 0 Å². The first kappa shape index (κ1) is 14.1. The van der Waals surface area contributed by atoms with Crippen LogP contribution in [0.2, 0.25) is 0 Å². The summed E-state index contributed by atoms with van der Waals surface area (Å²) >= 11 is 0. The Morgan fingerprint density at radius 3 is 2.32 bits per heavy atom. The molecule has 0 saturated carbocycles. The highest BCUT2D eigenvalue weighted by Gasteiger charge is 1.99. The van der Waals surface area contributed by atoms with E-state index in [1.165, 1.54) is 0 Å². The Morgan fingerprint density at radius 2 is 1.59 bits per heavy atom. The van der Waals surface area contributed by atoms with E-state index in [-0.39, 0.29) is 0 Å². The Kier molecular flexibility index (Phi) is 4.61. The normalized spacial score (nSPS) is 10.4. The van der Waals surface area contributed by atoms with Crippen molar-refractivity contribution >= 4 is 0 Å². The molecule has 0 amide bonds. The first-order valence-corrected chi connectivity index (χ1v) is 7.00. The molecule has 0 N–H and O–H groups in total. The molecule has 0 aliphatic carbocycles. The van der Waals surface area contributed by atoms with E-state index in [0.29, 0.717) is 25.6 Å². The second-order valence-corrected chi connectivity index (χ2v) is 4.57. The minimum atomic E-state index is 0.454. The molecule has 0 radical (unpaired) electrons. The van der Waals surface area contributed by atoms with E-state index < -0.39 is 0 Å². The molecule has 0 fully saturated rings. The van der Waals surface area contributed by atoms with Gasteiger partial charge in [0.2, 0.25) is 5.88 Å². The number of pyridine rings is 1. The number of hydrogen-bond acceptors (Lipinski definition) is 5. The van der Waals surface area contributed by atoms with Crippen LogP contribution in [0.1, 0.15) is 5.56 Å². The molecule has 2 aromatic heterocycles. The Morgan fingerprint density at radius 1 is 0.818 bits per heavy atom. The van der Waals surface area contributed by atoms with Gasteiger partial charge in [-0.05, 0) is 23.8 Å². The van der Waals surface area contributed by atoms with Gasteiger partial charge in [0, 0.05) is 12.3 Å². The minimum absolute atomic E-state index is 0.454. The first-order chi connectivity index (χ1) is 10.9. The van der Waals surface area contributed by atoms with Crippen LogP contribution in [0.25, 0.3) is 0 Å². The van der Waals surface area contributed by atoms with Gasteiger partial charge in [-0.1, -0.05) is 18.2 Å². The second kappa shape index (κ2) is 7.21. The van der Waals surface area contributed by atoms with Crippen LogP contribution in [0.15, 0.2) is 61.1 Å². The van der Waals surface area contributed by atoms with E-state index >= 15 is 0 Å². The lowest BCUT2D eigenvalue weighted by Crippen LogP contribution is -2.09. The standard InChI is InChI=1S/C16H16N4O2/c1-2-8-17-16(3-1)22-12-11-21-15-6-4-14(5-7-15)13-20-18-9-10-19-20/h1-10H,11-13H2. The van der Waals surface area contributed by atoms with Crippen LogP contribution in [-0.4, -0.2) is 33.2 Å². The van der Waals surface area contributed by atoms with E-state index in [0.717, 1.165) is 11.3 Å². The Labute approximate surface area is 128 Å². The number of ether oxygens (including phenoxy) is 2. The van der Waals surface area contributed by atoms with E-state index in [1.54, 1.807) is 23.4 Å². The Hall–Kier alpha value is -2.89. The summed E-state index contributed by atoms with van der Waals surface area (Å²) in [6, 6.07) is 13.4. The average molecular weight is 296 g/mol. The molecule has 3 rings (SSSR count). The third-order valence-corrected chi connectivity index (χ3v) is 2.95. The van der Waals surface area contributed by atoms with Crippen LogP contribution in [0.3, 0.4) is 0 Å². The fourth-order valence-corrected chi connectivity index (χ4v) is 1.92. The largest absolute Gasteiger partial charge is 0.490 e. The molecule has 2 heterocycles. The van der Waals surface area contributed by atoms with E-state index in [4.69, 9.17) is 9.47 Å². The zero-order valence-electron chi connectivity index (χ0n) is 12.0. The predicted octanol–water partition coefficient (Wildman–Crippen LogP) is 2.18. The van der Waals surface area contributed by atoms with E-state index in [2.05, 4.69) is 15.2 Å². The van der Waals surface area contributed by atoms with Crippen LogP contribution in [-0.2, 0) is 6.54 Å². The van der Waals surface area contributed by atoms with Crippen LogP contribution in [0.5, 0.6) is 11.6 Å². The Balaban J connectivity index is 1.43. The predicted molar refractivity (Wildman–Crippen MR) is 80.8 cm³/mol. The lowest BCUT2D eigenvalue weighted by atomic mass is 10.2. The molecule has 0 saturated heterocycles. The van der Waals surface area contributed by atoms with Gasteiger partial charge in [-0.15, -0.1) is 0 Å². The van der Waals surface area contributed by atoms with Crippen molar-refractivity contribution in [2.75, 3.05) is 13.2 Å². The van der Waals surface area contributed by atoms with Crippen molar-refractivity contribution in [3.8, 4) is 11.6 Å². The quantitative estimate of drug-likeness (QED) is 0.625. The minimum Gasteiger partial charge on any atom is -0.490 e. The van der Waals surface area contributed by atoms with Crippen LogP contribution in [0.4, 0.5) is 0 Å². The van der Waals surface area contributed by atoms with Crippen molar-refractivity contribution in [3.05, 3.63) is 66.6 Å². The van der Waals surface area contributed by atoms with Crippen LogP contribution < -0.4 is 9.47 Å². The van der Waals surface area contributed by atoms with Crippen molar-refractivity contribution < 1.29 is 9.47 Å². The average Bonchev–Trinajstić information content (AvgIpc) is 3.07. The highest BCUT2D eigenvalue weighted by atomic mass is 16.5. The van der Waals surface area contributed by atoms with Gasteiger partial charge in [0.05, 0.1) is 18.9 Å². The summed E-state index contributed by atoms with van der Waals surface area (Å²) < 4.78 is 11.1. The molecule has 0 atom stereocenters. The summed E-state index contributed by atoms with van der Waals surface area (Å²) in [5, 5.41) is 8.15. The summed E-state index contributed by atoms with van der Waals surface area (Å²) in [7, 11) is 0. The second-order valence-electron chi connectivity index (χ2n) is 4.57. The smallest absolute Gasteiger partial charge is 0.213 e. The summed E-state index contributed by atoms with van der Waals surface area (Å²) in [6.45, 7) is 1.57. The summed E-state index contributed by atoms with van der Waals surface area (Å²) in [4.78, 5) is 5.71. The molecule has 0 unspecified atom stereocenters. The van der Waals surface area contributed by atoms with Gasteiger partial charge in [-0.3, -0.25) is 0 Å². The molecule has 6 nitrogen and oxygen atoms in total. The SMILES string of the molecule is c1ccc(OCCOc2ccc(Cn3nccn3)cc2)nc1. The third kappa shape index (κ3) is 4.05. The monoisotopic (exact) mass is 296 g/mol. The van der Waals surface area contributed by atoms with Crippen molar-refractivity contribution in [1.29, 1.82) is 0 Å². The van der Waals surface area contributed by atoms with E-state index in [1.807, 2.05) is 42.5 Å². The molecular weight excluding hydrogens is 280 g/mol. The first-order valence-electron chi connectivity index (χ1n) is 7.00. The number of nitrogens with zero attached hydrogens (tertiary/aromatic N) is 4. The molecule has 1 aromatic carbocycles. The number of benzene rings is 1. The molecule has 0 bridgehead atoms. The molecule has 0 aliphatic heterocycles. The van der Waals surface area contributed by atoms with Crippen LogP contribution in [0, 0.1) is 0 Å². The lowest BCUT2D eigenvalue weighted by molar-refractivity contribution is 0.212. The van der Waals surface area contributed by atoms with Gasteiger partial charge < -0.3 is 9.47 Å². The molecule has 22 heavy (non-hydrogen) atoms. The maximum atomic E-state index is 5.63. The van der Waals surface area contributed by atoms with Crippen LogP contribution >= 0.6 is 0 Å². The van der Waals surface area contributed by atoms with Gasteiger partial charge in [0.25, 0.3) is 0 Å². The molecule has 6 heteroatoms. The molecule has 112 valence electrons. The number of aromatic nitrogens is 4. The fourth-order valence-electron chi connectivity index (χ4n) is 1.92. The molecular formula is C16H16N4O2. The van der Waals surface area contributed by atoms with Gasteiger partial charge in [0.1, 0.15) is 19.0 Å². The zero-order valence-corrected chi connectivity index (χ0v) is 12.0. The summed E-state index contributed by atoms with van der Waals surface area (Å²) in [5.41, 5.74) is 1.12. The number of rotatable bonds is 7. The maximum absolute atomic E-state index is 5.63. The maximum Gasteiger partial charge on any atom is 0.213 e. The Bertz CT molecular complexity index is 669. The summed E-state index contributed by atoms with van der Waals surface area (Å²) in [6.07, 6.45) is 5.03. The van der Waals surface area contributed by atoms with E-state index in [9.17, 15) is 0 Å². The van der Waals surface area contributed by atoms with Crippen molar-refractivity contribution in [2.45, 2.75) is 6.54 Å². The highest BCUT2D eigenvalue weighted by Crippen LogP contribution is 2.13. The zero-order chi connectivity index (χ0) is 15.0. The van der Waals surface area contributed by atoms with Gasteiger partial charge in [-0.2, -0.15) is 15.0 Å². The van der Waals surface area contributed by atoms with Gasteiger partial charge in [-0.25, -0.2) is 4.98 Å². The van der Waals surface area contributed by atoms with Crippen molar-refractivity contribution in [2.24, 2.45) is 0 Å². The molecule has 0 spiro atoms. The topological polar surface area (TPSA) is 62.1 Å². The fraction of sp³-hybridized carbons (Fsp3) is 0.188. The summed E-state index contributed by atoms with van der Waals surface area (Å²) in [5.74, 6) is 1.41. The molecule has 0 aliphatic rings. The van der Waals surface area contributed by atoms with Gasteiger partial charge >= 0.3 is 0 Å². The number of hydrogen-bond donors (Lipinski definition) is 0. The van der Waals surface area contributed by atoms with Crippen molar-refractivity contribution in [1.82, 2.24) is 20.0 Å². The van der Waals surface area contributed by atoms with Crippen molar-refractivity contribution in [3.63, 3.8) is 0 Å².